The van der Waals surface area contributed by atoms with Crippen LogP contribution in [0.15, 0.2) is 48.7 Å². The maximum Gasteiger partial charge on any atom is 0.161 e. The number of aldehydes is 1. The van der Waals surface area contributed by atoms with Crippen LogP contribution in [0.1, 0.15) is 15.9 Å². The van der Waals surface area contributed by atoms with E-state index < -0.39 is 19.0 Å². The molecule has 0 saturated carbocycles. The molecule has 0 amide bonds. The molecule has 3 rings (SSSR count). The molecule has 0 fully saturated rings. The fourth-order valence-corrected chi connectivity index (χ4v) is 2.92. The quantitative estimate of drug-likeness (QED) is 0.604. The monoisotopic (exact) mass is 356 g/mol. The van der Waals surface area contributed by atoms with Gasteiger partial charge in [0.05, 0.1) is 18.2 Å². The molecular formula is C20H15F3N2O. The van der Waals surface area contributed by atoms with Crippen LogP contribution in [-0.2, 0) is 6.54 Å². The molecule has 0 bridgehead atoms. The first-order chi connectivity index (χ1) is 12.6. The highest BCUT2D eigenvalue weighted by Gasteiger charge is 2.22. The number of carbonyl (C=O) groups is 1. The summed E-state index contributed by atoms with van der Waals surface area (Å²) in [5.74, 6) is 0. The number of nitrogens with zero attached hydrogens (tertiary/aromatic N) is 2. The third kappa shape index (κ3) is 3.33. The number of alkyl halides is 3. The number of nitriles is 1. The van der Waals surface area contributed by atoms with E-state index >= 15 is 0 Å². The average Bonchev–Trinajstić information content (AvgIpc) is 3.04. The third-order valence-electron chi connectivity index (χ3n) is 4.26. The van der Waals surface area contributed by atoms with E-state index in [1.807, 2.05) is 0 Å². The largest absolute Gasteiger partial charge is 0.344 e. The first kappa shape index (κ1) is 17.7. The van der Waals surface area contributed by atoms with Crippen LogP contribution in [-0.4, -0.2) is 29.9 Å². The lowest BCUT2D eigenvalue weighted by Gasteiger charge is -2.12. The van der Waals surface area contributed by atoms with Crippen molar-refractivity contribution in [3.8, 4) is 17.2 Å². The molecule has 0 N–H and O–H groups in total. The van der Waals surface area contributed by atoms with E-state index in [1.165, 1.54) is 4.57 Å². The molecule has 0 aliphatic rings. The highest BCUT2D eigenvalue weighted by molar-refractivity contribution is 5.98. The summed E-state index contributed by atoms with van der Waals surface area (Å²) in [6, 6.07) is 13.9. The van der Waals surface area contributed by atoms with E-state index in [0.717, 1.165) is 16.5 Å². The Morgan fingerprint density at radius 1 is 1.15 bits per heavy atom. The number of hydrogen-bond donors (Lipinski definition) is 0. The van der Waals surface area contributed by atoms with E-state index in [4.69, 9.17) is 5.26 Å². The van der Waals surface area contributed by atoms with Crippen LogP contribution >= 0.6 is 0 Å². The molecule has 2 aromatic carbocycles. The van der Waals surface area contributed by atoms with Crippen LogP contribution in [0.3, 0.4) is 0 Å². The van der Waals surface area contributed by atoms with Crippen LogP contribution in [0.5, 0.6) is 0 Å². The summed E-state index contributed by atoms with van der Waals surface area (Å²) in [6.45, 7) is -1.77. The Hall–Kier alpha value is -3.07. The predicted octanol–water partition coefficient (Wildman–Crippen LogP) is 4.64. The summed E-state index contributed by atoms with van der Waals surface area (Å²) in [5, 5.41) is 9.81. The molecule has 3 aromatic rings. The average molecular weight is 356 g/mol. The van der Waals surface area contributed by atoms with Gasteiger partial charge in [-0.3, -0.25) is 4.79 Å². The van der Waals surface area contributed by atoms with Gasteiger partial charge < -0.3 is 4.57 Å². The zero-order chi connectivity index (χ0) is 18.7. The number of hydrogen-bond acceptors (Lipinski definition) is 2. The highest BCUT2D eigenvalue weighted by atomic mass is 19.2. The van der Waals surface area contributed by atoms with Gasteiger partial charge in [0, 0.05) is 28.2 Å². The molecule has 6 heteroatoms. The van der Waals surface area contributed by atoms with Crippen molar-refractivity contribution in [2.75, 3.05) is 6.67 Å². The maximum absolute atomic E-state index is 14.0. The summed E-state index contributed by atoms with van der Waals surface area (Å²) in [7, 11) is 0. The van der Waals surface area contributed by atoms with Gasteiger partial charge in [0.25, 0.3) is 0 Å². The Bertz CT molecular complexity index is 990. The molecule has 1 aromatic heterocycles. The van der Waals surface area contributed by atoms with E-state index in [9.17, 15) is 18.0 Å². The number of rotatable bonds is 6. The Morgan fingerprint density at radius 3 is 2.65 bits per heavy atom. The Balaban J connectivity index is 2.15. The second kappa shape index (κ2) is 7.44. The Morgan fingerprint density at radius 2 is 1.96 bits per heavy atom. The molecule has 1 heterocycles. The molecule has 132 valence electrons. The van der Waals surface area contributed by atoms with E-state index in [1.54, 1.807) is 48.7 Å². The molecule has 26 heavy (non-hydrogen) atoms. The van der Waals surface area contributed by atoms with Gasteiger partial charge in [-0.2, -0.15) is 5.26 Å². The summed E-state index contributed by atoms with van der Waals surface area (Å²) in [4.78, 5) is 11.1. The van der Waals surface area contributed by atoms with Gasteiger partial charge in [-0.1, -0.05) is 24.3 Å². The minimum absolute atomic E-state index is 0.373. The van der Waals surface area contributed by atoms with E-state index in [-0.39, 0.29) is 6.54 Å². The zero-order valence-corrected chi connectivity index (χ0v) is 13.7. The fraction of sp³-hybridized carbons (Fsp3) is 0.200. The minimum atomic E-state index is -2.20. The van der Waals surface area contributed by atoms with Gasteiger partial charge in [0.15, 0.2) is 12.3 Å². The first-order valence-corrected chi connectivity index (χ1v) is 8.00. The number of halogens is 3. The topological polar surface area (TPSA) is 45.8 Å². The molecule has 0 saturated heterocycles. The molecule has 3 nitrogen and oxygen atoms in total. The van der Waals surface area contributed by atoms with Crippen LogP contribution in [0, 0.1) is 11.3 Å². The molecule has 2 atom stereocenters. The van der Waals surface area contributed by atoms with Crippen molar-refractivity contribution < 1.29 is 18.0 Å². The third-order valence-corrected chi connectivity index (χ3v) is 4.26. The number of benzene rings is 2. The SMILES string of the molecule is N#Cc1cccc(-c2cn(CC(F)C(F)CF)c3cc(C=O)ccc23)c1. The second-order valence-corrected chi connectivity index (χ2v) is 5.97. The van der Waals surface area contributed by atoms with E-state index in [2.05, 4.69) is 6.07 Å². The molecule has 2 unspecified atom stereocenters. The highest BCUT2D eigenvalue weighted by Crippen LogP contribution is 2.32. The van der Waals surface area contributed by atoms with Crippen molar-refractivity contribution in [3.63, 3.8) is 0 Å². The Kier molecular flexibility index (Phi) is 5.08. The Labute approximate surface area is 148 Å². The first-order valence-electron chi connectivity index (χ1n) is 8.00. The summed E-state index contributed by atoms with van der Waals surface area (Å²) < 4.78 is 41.2. The van der Waals surface area contributed by atoms with Crippen LogP contribution in [0.2, 0.25) is 0 Å². The van der Waals surface area contributed by atoms with Gasteiger partial charge in [-0.15, -0.1) is 0 Å². The van der Waals surface area contributed by atoms with Crippen LogP contribution < -0.4 is 0 Å². The van der Waals surface area contributed by atoms with Crippen molar-refractivity contribution >= 4 is 17.2 Å². The molecule has 0 radical (unpaired) electrons. The summed E-state index contributed by atoms with van der Waals surface area (Å²) in [5.41, 5.74) is 2.87. The van der Waals surface area contributed by atoms with Gasteiger partial charge in [0.1, 0.15) is 13.0 Å². The van der Waals surface area contributed by atoms with Gasteiger partial charge in [-0.25, -0.2) is 13.2 Å². The van der Waals surface area contributed by atoms with Crippen molar-refractivity contribution in [3.05, 3.63) is 59.8 Å². The summed E-state index contributed by atoms with van der Waals surface area (Å²) >= 11 is 0. The molecule has 0 aliphatic carbocycles. The lowest BCUT2D eigenvalue weighted by molar-refractivity contribution is 0.112. The van der Waals surface area contributed by atoms with Crippen LogP contribution in [0.25, 0.3) is 22.0 Å². The number of carbonyl (C=O) groups excluding carboxylic acids is 1. The lowest BCUT2D eigenvalue weighted by Crippen LogP contribution is -2.24. The standard InChI is InChI=1S/C20H15F3N2O/c21-8-18(22)19(23)11-25-10-17(15-3-1-2-13(6-15)9-24)16-5-4-14(12-26)7-20(16)25/h1-7,10,12,18-19H,8,11H2. The van der Waals surface area contributed by atoms with Crippen LogP contribution in [0.4, 0.5) is 13.2 Å². The van der Waals surface area contributed by atoms with Crippen molar-refractivity contribution in [2.24, 2.45) is 0 Å². The predicted molar refractivity (Wildman–Crippen MR) is 93.2 cm³/mol. The van der Waals surface area contributed by atoms with Crippen molar-refractivity contribution in [2.45, 2.75) is 18.9 Å². The van der Waals surface area contributed by atoms with Gasteiger partial charge in [0.2, 0.25) is 0 Å². The van der Waals surface area contributed by atoms with Gasteiger partial charge in [-0.05, 0) is 23.8 Å². The fourth-order valence-electron chi connectivity index (χ4n) is 2.92. The van der Waals surface area contributed by atoms with Crippen molar-refractivity contribution in [1.82, 2.24) is 4.57 Å². The van der Waals surface area contributed by atoms with E-state index in [0.29, 0.717) is 22.9 Å². The number of fused-ring (bicyclic) bond motifs is 1. The van der Waals surface area contributed by atoms with Gasteiger partial charge >= 0.3 is 0 Å². The van der Waals surface area contributed by atoms with Crippen molar-refractivity contribution in [1.29, 1.82) is 5.26 Å². The lowest BCUT2D eigenvalue weighted by atomic mass is 10.0. The minimum Gasteiger partial charge on any atom is -0.344 e. The smallest absolute Gasteiger partial charge is 0.161 e. The molecule has 0 aliphatic heterocycles. The second-order valence-electron chi connectivity index (χ2n) is 5.97. The summed E-state index contributed by atoms with van der Waals surface area (Å²) in [6.07, 6.45) is -1.91. The normalized spacial score (nSPS) is 13.3. The molecular weight excluding hydrogens is 341 g/mol. The number of aromatic nitrogens is 1. The maximum atomic E-state index is 14.0. The zero-order valence-electron chi connectivity index (χ0n) is 13.7. The molecule has 0 spiro atoms.